The highest BCUT2D eigenvalue weighted by Gasteiger charge is 2.64. The molecule has 0 bridgehead atoms. The standard InChI is InChI=1S/C10H12N2O2S/c11-10(5-6-10)9(3-4-9)7-1-2-8(15-7)12(13)14/h1-2H,3-6,11H2. The van der Waals surface area contributed by atoms with Gasteiger partial charge in [-0.05, 0) is 31.7 Å². The van der Waals surface area contributed by atoms with Gasteiger partial charge in [0.1, 0.15) is 0 Å². The minimum Gasteiger partial charge on any atom is -0.324 e. The maximum Gasteiger partial charge on any atom is 0.324 e. The van der Waals surface area contributed by atoms with Crippen molar-refractivity contribution < 1.29 is 4.92 Å². The van der Waals surface area contributed by atoms with Crippen LogP contribution in [0.2, 0.25) is 0 Å². The van der Waals surface area contributed by atoms with Crippen molar-refractivity contribution in [3.63, 3.8) is 0 Å². The largest absolute Gasteiger partial charge is 0.324 e. The fraction of sp³-hybridized carbons (Fsp3) is 0.600. The van der Waals surface area contributed by atoms with Crippen molar-refractivity contribution in [3.8, 4) is 0 Å². The summed E-state index contributed by atoms with van der Waals surface area (Å²) in [5, 5.41) is 10.8. The van der Waals surface area contributed by atoms with Gasteiger partial charge in [-0.1, -0.05) is 11.3 Å². The van der Waals surface area contributed by atoms with Gasteiger partial charge in [-0.25, -0.2) is 0 Å². The molecule has 0 spiro atoms. The number of nitrogens with zero attached hydrogens (tertiary/aromatic N) is 1. The van der Waals surface area contributed by atoms with Gasteiger partial charge in [0, 0.05) is 21.9 Å². The van der Waals surface area contributed by atoms with Crippen LogP contribution in [0.5, 0.6) is 0 Å². The first-order valence-electron chi connectivity index (χ1n) is 5.11. The van der Waals surface area contributed by atoms with Crippen LogP contribution in [0.4, 0.5) is 5.00 Å². The highest BCUT2D eigenvalue weighted by atomic mass is 32.1. The predicted molar refractivity (Wildman–Crippen MR) is 58.0 cm³/mol. The molecule has 0 saturated heterocycles. The lowest BCUT2D eigenvalue weighted by Gasteiger charge is -2.20. The van der Waals surface area contributed by atoms with Crippen molar-refractivity contribution in [2.24, 2.45) is 5.73 Å². The highest BCUT2D eigenvalue weighted by Crippen LogP contribution is 2.65. The topological polar surface area (TPSA) is 69.2 Å². The molecular formula is C10H12N2O2S. The van der Waals surface area contributed by atoms with Crippen LogP contribution in [0, 0.1) is 10.1 Å². The second-order valence-corrected chi connectivity index (χ2v) is 5.70. The molecule has 0 amide bonds. The third-order valence-corrected chi connectivity index (χ3v) is 4.98. The van der Waals surface area contributed by atoms with Crippen molar-refractivity contribution in [1.82, 2.24) is 0 Å². The Balaban J connectivity index is 1.96. The lowest BCUT2D eigenvalue weighted by molar-refractivity contribution is -0.380. The van der Waals surface area contributed by atoms with E-state index in [1.807, 2.05) is 6.07 Å². The molecule has 2 fully saturated rings. The molecule has 4 nitrogen and oxygen atoms in total. The van der Waals surface area contributed by atoms with E-state index in [2.05, 4.69) is 0 Å². The first-order chi connectivity index (χ1) is 7.07. The summed E-state index contributed by atoms with van der Waals surface area (Å²) in [5.41, 5.74) is 6.28. The van der Waals surface area contributed by atoms with Crippen LogP contribution >= 0.6 is 11.3 Å². The van der Waals surface area contributed by atoms with Gasteiger partial charge >= 0.3 is 5.00 Å². The van der Waals surface area contributed by atoms with Gasteiger partial charge in [0.2, 0.25) is 0 Å². The van der Waals surface area contributed by atoms with Gasteiger partial charge in [0.15, 0.2) is 0 Å². The van der Waals surface area contributed by atoms with E-state index < -0.39 is 0 Å². The van der Waals surface area contributed by atoms with Crippen molar-refractivity contribution in [3.05, 3.63) is 27.1 Å². The number of thiophene rings is 1. The van der Waals surface area contributed by atoms with E-state index in [0.717, 1.165) is 30.6 Å². The second-order valence-electron chi connectivity index (χ2n) is 4.63. The van der Waals surface area contributed by atoms with Crippen molar-refractivity contribution in [1.29, 1.82) is 0 Å². The molecule has 0 aromatic carbocycles. The van der Waals surface area contributed by atoms with Gasteiger partial charge in [-0.15, -0.1) is 0 Å². The SMILES string of the molecule is NC1(C2(c3ccc([N+](=O)[O-])s3)CC2)CC1. The molecule has 0 atom stereocenters. The Labute approximate surface area is 91.2 Å². The number of nitrogens with two attached hydrogens (primary N) is 1. The van der Waals surface area contributed by atoms with Crippen LogP contribution < -0.4 is 5.73 Å². The second kappa shape index (κ2) is 2.59. The monoisotopic (exact) mass is 224 g/mol. The summed E-state index contributed by atoms with van der Waals surface area (Å²) in [7, 11) is 0. The van der Waals surface area contributed by atoms with Crippen molar-refractivity contribution in [2.45, 2.75) is 36.6 Å². The molecule has 2 saturated carbocycles. The van der Waals surface area contributed by atoms with Gasteiger partial charge in [-0.2, -0.15) is 0 Å². The summed E-state index contributed by atoms with van der Waals surface area (Å²) in [6.45, 7) is 0. The number of hydrogen-bond donors (Lipinski definition) is 1. The molecule has 0 radical (unpaired) electrons. The first-order valence-corrected chi connectivity index (χ1v) is 5.93. The molecule has 1 aromatic rings. The summed E-state index contributed by atoms with van der Waals surface area (Å²) < 4.78 is 0. The molecule has 1 aromatic heterocycles. The molecule has 5 heteroatoms. The fourth-order valence-electron chi connectivity index (χ4n) is 2.41. The van der Waals surface area contributed by atoms with Gasteiger partial charge in [-0.3, -0.25) is 10.1 Å². The quantitative estimate of drug-likeness (QED) is 0.632. The van der Waals surface area contributed by atoms with Crippen LogP contribution in [0.3, 0.4) is 0 Å². The van der Waals surface area contributed by atoms with E-state index in [4.69, 9.17) is 5.73 Å². The zero-order valence-electron chi connectivity index (χ0n) is 8.23. The van der Waals surface area contributed by atoms with E-state index in [1.54, 1.807) is 6.07 Å². The Hall–Kier alpha value is -0.940. The van der Waals surface area contributed by atoms with Gasteiger partial charge in [0.25, 0.3) is 0 Å². The lowest BCUT2D eigenvalue weighted by Crippen LogP contribution is -2.36. The van der Waals surface area contributed by atoms with E-state index in [1.165, 1.54) is 11.3 Å². The molecule has 2 aliphatic rings. The van der Waals surface area contributed by atoms with E-state index in [-0.39, 0.29) is 20.9 Å². The summed E-state index contributed by atoms with van der Waals surface area (Å²) >= 11 is 1.30. The average Bonchev–Trinajstić information content (AvgIpc) is 3.08. The molecule has 15 heavy (non-hydrogen) atoms. The smallest absolute Gasteiger partial charge is 0.324 e. The number of nitro groups is 1. The summed E-state index contributed by atoms with van der Waals surface area (Å²) in [6.07, 6.45) is 4.33. The highest BCUT2D eigenvalue weighted by molar-refractivity contribution is 7.15. The normalized spacial score (nSPS) is 24.9. The summed E-state index contributed by atoms with van der Waals surface area (Å²) in [4.78, 5) is 11.4. The van der Waals surface area contributed by atoms with Crippen LogP contribution in [-0.4, -0.2) is 10.5 Å². The molecule has 3 rings (SSSR count). The third kappa shape index (κ3) is 1.16. The number of rotatable bonds is 3. The molecule has 2 N–H and O–H groups in total. The van der Waals surface area contributed by atoms with Crippen molar-refractivity contribution in [2.75, 3.05) is 0 Å². The summed E-state index contributed by atoms with van der Waals surface area (Å²) in [5.74, 6) is 0. The van der Waals surface area contributed by atoms with Crippen molar-refractivity contribution >= 4 is 16.3 Å². The van der Waals surface area contributed by atoms with E-state index in [0.29, 0.717) is 0 Å². The zero-order valence-corrected chi connectivity index (χ0v) is 9.05. The van der Waals surface area contributed by atoms with Crippen LogP contribution in [0.1, 0.15) is 30.6 Å². The average molecular weight is 224 g/mol. The van der Waals surface area contributed by atoms with Crippen LogP contribution in [0.25, 0.3) is 0 Å². The summed E-state index contributed by atoms with van der Waals surface area (Å²) in [6, 6.07) is 3.49. The lowest BCUT2D eigenvalue weighted by atomic mass is 9.93. The first kappa shape index (κ1) is 9.30. The number of hydrogen-bond acceptors (Lipinski definition) is 4. The maximum absolute atomic E-state index is 10.6. The predicted octanol–water partition coefficient (Wildman–Crippen LogP) is 2.18. The van der Waals surface area contributed by atoms with Gasteiger partial charge < -0.3 is 5.73 Å². The molecule has 1 heterocycles. The molecule has 80 valence electrons. The van der Waals surface area contributed by atoms with E-state index in [9.17, 15) is 10.1 Å². The molecule has 0 unspecified atom stereocenters. The Kier molecular flexibility index (Phi) is 1.61. The Bertz CT molecular complexity index is 432. The third-order valence-electron chi connectivity index (χ3n) is 3.74. The van der Waals surface area contributed by atoms with Gasteiger partial charge in [0.05, 0.1) is 4.92 Å². The molecule has 2 aliphatic carbocycles. The molecular weight excluding hydrogens is 212 g/mol. The minimum absolute atomic E-state index is 0.0499. The fourth-order valence-corrected chi connectivity index (χ4v) is 3.59. The Morgan fingerprint density at radius 1 is 1.33 bits per heavy atom. The molecule has 0 aliphatic heterocycles. The Morgan fingerprint density at radius 2 is 2.00 bits per heavy atom. The van der Waals surface area contributed by atoms with Crippen LogP contribution in [-0.2, 0) is 5.41 Å². The maximum atomic E-state index is 10.6. The Morgan fingerprint density at radius 3 is 2.40 bits per heavy atom. The minimum atomic E-state index is -0.319. The van der Waals surface area contributed by atoms with Crippen LogP contribution in [0.15, 0.2) is 12.1 Å². The zero-order chi connectivity index (χ0) is 10.7. The van der Waals surface area contributed by atoms with E-state index >= 15 is 0 Å².